The van der Waals surface area contributed by atoms with Gasteiger partial charge in [0.15, 0.2) is 0 Å². The summed E-state index contributed by atoms with van der Waals surface area (Å²) in [6, 6.07) is 4.90. The molecule has 21 heavy (non-hydrogen) atoms. The normalized spacial score (nSPS) is 22.3. The Hall–Kier alpha value is -1.35. The van der Waals surface area contributed by atoms with Crippen LogP contribution < -0.4 is 0 Å². The average molecular weight is 313 g/mol. The molecule has 1 atom stereocenters. The Morgan fingerprint density at radius 2 is 2.00 bits per heavy atom. The average Bonchev–Trinajstić information content (AvgIpc) is 2.33. The second-order valence-corrected chi connectivity index (χ2v) is 9.22. The number of fused-ring (bicyclic) bond motifs is 2. The van der Waals surface area contributed by atoms with E-state index in [0.29, 0.717) is 23.8 Å². The van der Waals surface area contributed by atoms with E-state index >= 15 is 0 Å². The van der Waals surface area contributed by atoms with Gasteiger partial charge in [-0.1, -0.05) is 11.6 Å². The molecule has 1 aromatic heterocycles. The number of aromatic nitrogens is 1. The molecule has 1 aliphatic rings. The zero-order valence-electron chi connectivity index (χ0n) is 11.8. The smallest absolute Gasteiger partial charge is 0.323 e. The van der Waals surface area contributed by atoms with Gasteiger partial charge in [0.05, 0.1) is 18.2 Å². The first-order chi connectivity index (χ1) is 9.67. The van der Waals surface area contributed by atoms with E-state index in [1.54, 1.807) is 25.7 Å². The Bertz CT molecular complexity index is 783. The second-order valence-electron chi connectivity index (χ2n) is 5.86. The number of aryl methyl sites for hydroxylation is 2. The maximum absolute atomic E-state index is 13.6. The summed E-state index contributed by atoms with van der Waals surface area (Å²) in [5.74, 6) is 0. The van der Waals surface area contributed by atoms with Crippen molar-refractivity contribution in [1.82, 2.24) is 4.98 Å². The van der Waals surface area contributed by atoms with Crippen LogP contribution >= 0.6 is 7.14 Å². The van der Waals surface area contributed by atoms with Crippen LogP contribution in [-0.4, -0.2) is 17.8 Å². The first kappa shape index (κ1) is 14.6. The molecule has 1 unspecified atom stereocenters. The summed E-state index contributed by atoms with van der Waals surface area (Å²) in [7, 11) is -2.55. The predicted molar refractivity (Wildman–Crippen MR) is 77.3 cm³/mol. The van der Waals surface area contributed by atoms with Crippen LogP contribution in [0, 0.1) is 6.92 Å². The van der Waals surface area contributed by atoms with Gasteiger partial charge >= 0.3 is 6.18 Å². The fourth-order valence-electron chi connectivity index (χ4n) is 2.92. The van der Waals surface area contributed by atoms with Crippen molar-refractivity contribution in [3.8, 4) is 0 Å². The molecular formula is C15H15F3NOP. The molecule has 0 N–H and O–H groups in total. The third-order valence-electron chi connectivity index (χ3n) is 3.92. The van der Waals surface area contributed by atoms with E-state index in [1.165, 1.54) is 6.07 Å². The van der Waals surface area contributed by atoms with Gasteiger partial charge in [0.1, 0.15) is 0 Å². The molecule has 2 heterocycles. The molecule has 1 aromatic carbocycles. The van der Waals surface area contributed by atoms with E-state index in [2.05, 4.69) is 4.98 Å². The van der Waals surface area contributed by atoms with Gasteiger partial charge in [-0.25, -0.2) is 0 Å². The van der Waals surface area contributed by atoms with Crippen LogP contribution in [0.4, 0.5) is 13.2 Å². The van der Waals surface area contributed by atoms with Crippen molar-refractivity contribution in [1.29, 1.82) is 0 Å². The Kier molecular flexibility index (Phi) is 3.17. The van der Waals surface area contributed by atoms with Crippen LogP contribution in [0.5, 0.6) is 0 Å². The monoisotopic (exact) mass is 313 g/mol. The van der Waals surface area contributed by atoms with E-state index in [4.69, 9.17) is 0 Å². The maximum Gasteiger partial charge on any atom is 0.417 e. The van der Waals surface area contributed by atoms with E-state index in [1.807, 2.05) is 0 Å². The van der Waals surface area contributed by atoms with Crippen molar-refractivity contribution < 1.29 is 17.7 Å². The highest BCUT2D eigenvalue weighted by molar-refractivity contribution is 7.62. The zero-order valence-corrected chi connectivity index (χ0v) is 12.7. The Morgan fingerprint density at radius 3 is 2.67 bits per heavy atom. The molecule has 2 aromatic rings. The fraction of sp³-hybridized carbons (Fsp3) is 0.400. The molecule has 0 saturated carbocycles. The van der Waals surface area contributed by atoms with Gasteiger partial charge < -0.3 is 4.57 Å². The minimum atomic E-state index is -4.46. The fourth-order valence-corrected chi connectivity index (χ4v) is 4.78. The minimum Gasteiger partial charge on any atom is -0.323 e. The number of rotatable bonds is 0. The van der Waals surface area contributed by atoms with Gasteiger partial charge in [0, 0.05) is 23.4 Å². The van der Waals surface area contributed by atoms with Crippen LogP contribution in [0.2, 0.25) is 0 Å². The SMILES string of the molecule is Cc1ccc2nc3c(c(C(F)(F)F)c2c1)CP(C)(=O)CC3. The molecule has 0 fully saturated rings. The molecule has 2 nitrogen and oxygen atoms in total. The number of pyridine rings is 1. The van der Waals surface area contributed by atoms with Crippen LogP contribution in [0.3, 0.4) is 0 Å². The van der Waals surface area contributed by atoms with E-state index in [-0.39, 0.29) is 17.1 Å². The van der Waals surface area contributed by atoms with Crippen molar-refractivity contribution in [3.63, 3.8) is 0 Å². The lowest BCUT2D eigenvalue weighted by Gasteiger charge is -2.26. The lowest BCUT2D eigenvalue weighted by atomic mass is 9.98. The summed E-state index contributed by atoms with van der Waals surface area (Å²) in [5.41, 5.74) is 1.06. The first-order valence-corrected chi connectivity index (χ1v) is 9.25. The van der Waals surface area contributed by atoms with Gasteiger partial charge in [-0.3, -0.25) is 4.98 Å². The molecule has 0 amide bonds. The molecular weight excluding hydrogens is 298 g/mol. The highest BCUT2D eigenvalue weighted by Gasteiger charge is 2.40. The van der Waals surface area contributed by atoms with Crippen molar-refractivity contribution in [2.75, 3.05) is 12.8 Å². The number of hydrogen-bond acceptors (Lipinski definition) is 2. The number of benzene rings is 1. The maximum atomic E-state index is 13.6. The van der Waals surface area contributed by atoms with E-state index in [9.17, 15) is 17.7 Å². The minimum absolute atomic E-state index is 0.00589. The van der Waals surface area contributed by atoms with Crippen LogP contribution in [-0.2, 0) is 23.3 Å². The summed E-state index contributed by atoms with van der Waals surface area (Å²) in [6.07, 6.45) is -3.68. The van der Waals surface area contributed by atoms with Gasteiger partial charge in [0.2, 0.25) is 0 Å². The Labute approximate surface area is 120 Å². The number of nitrogens with zero attached hydrogens (tertiary/aromatic N) is 1. The summed E-state index contributed by atoms with van der Waals surface area (Å²) >= 11 is 0. The van der Waals surface area contributed by atoms with Crippen LogP contribution in [0.1, 0.15) is 22.4 Å². The third-order valence-corrected chi connectivity index (χ3v) is 6.08. The van der Waals surface area contributed by atoms with Crippen LogP contribution in [0.15, 0.2) is 18.2 Å². The largest absolute Gasteiger partial charge is 0.417 e. The molecule has 0 radical (unpaired) electrons. The van der Waals surface area contributed by atoms with Crippen LogP contribution in [0.25, 0.3) is 10.9 Å². The molecule has 3 rings (SSSR count). The van der Waals surface area contributed by atoms with Crippen molar-refractivity contribution in [2.24, 2.45) is 0 Å². The standard InChI is InChI=1S/C15H15F3NOP/c1-9-3-4-12-10(7-9)14(15(16,17)18)11-8-21(2,20)6-5-13(11)19-12/h3-4,7H,5-6,8H2,1-2H3. The van der Waals surface area contributed by atoms with Gasteiger partial charge in [0.25, 0.3) is 0 Å². The summed E-state index contributed by atoms with van der Waals surface area (Å²) in [6.45, 7) is 3.33. The molecule has 0 aliphatic carbocycles. The topological polar surface area (TPSA) is 30.0 Å². The Morgan fingerprint density at radius 1 is 1.29 bits per heavy atom. The van der Waals surface area contributed by atoms with Gasteiger partial charge in [-0.15, -0.1) is 0 Å². The highest BCUT2D eigenvalue weighted by atomic mass is 31.2. The summed E-state index contributed by atoms with van der Waals surface area (Å²) < 4.78 is 53.0. The summed E-state index contributed by atoms with van der Waals surface area (Å²) in [4.78, 5) is 4.38. The van der Waals surface area contributed by atoms with Crippen molar-refractivity contribution in [2.45, 2.75) is 25.7 Å². The molecule has 0 bridgehead atoms. The third kappa shape index (κ3) is 2.59. The Balaban J connectivity index is 2.40. The second kappa shape index (κ2) is 4.57. The number of hydrogen-bond donors (Lipinski definition) is 0. The van der Waals surface area contributed by atoms with E-state index < -0.39 is 18.9 Å². The lowest BCUT2D eigenvalue weighted by molar-refractivity contribution is -0.136. The quantitative estimate of drug-likeness (QED) is 0.665. The van der Waals surface area contributed by atoms with Crippen molar-refractivity contribution >= 4 is 18.0 Å². The summed E-state index contributed by atoms with van der Waals surface area (Å²) in [5, 5.41) is 0.114. The molecule has 0 spiro atoms. The first-order valence-electron chi connectivity index (χ1n) is 6.72. The van der Waals surface area contributed by atoms with E-state index in [0.717, 1.165) is 5.56 Å². The molecule has 112 valence electrons. The van der Waals surface area contributed by atoms with Gasteiger partial charge in [-0.2, -0.15) is 13.2 Å². The number of alkyl halides is 3. The van der Waals surface area contributed by atoms with Gasteiger partial charge in [-0.05, 0) is 37.7 Å². The molecule has 1 aliphatic heterocycles. The predicted octanol–water partition coefficient (Wildman–Crippen LogP) is 4.61. The number of halogens is 3. The zero-order chi connectivity index (χ0) is 15.4. The highest BCUT2D eigenvalue weighted by Crippen LogP contribution is 2.52. The van der Waals surface area contributed by atoms with Crippen molar-refractivity contribution in [3.05, 3.63) is 40.6 Å². The lowest BCUT2D eigenvalue weighted by Crippen LogP contribution is -2.18. The molecule has 0 saturated heterocycles. The molecule has 6 heteroatoms.